The van der Waals surface area contributed by atoms with Gasteiger partial charge in [0.1, 0.15) is 0 Å². The predicted molar refractivity (Wildman–Crippen MR) is 73.2 cm³/mol. The van der Waals surface area contributed by atoms with E-state index < -0.39 is 0 Å². The minimum absolute atomic E-state index is 0.0499. The highest BCUT2D eigenvalue weighted by atomic mass is 16.1. The second-order valence-corrected chi connectivity index (χ2v) is 4.73. The number of carbonyl (C=O) groups is 1. The van der Waals surface area contributed by atoms with Crippen LogP contribution in [0.2, 0.25) is 0 Å². The van der Waals surface area contributed by atoms with Gasteiger partial charge in [0.25, 0.3) is 0 Å². The van der Waals surface area contributed by atoms with Gasteiger partial charge < -0.3 is 4.90 Å². The van der Waals surface area contributed by atoms with Crippen LogP contribution in [-0.2, 0) is 0 Å². The molecule has 2 aromatic rings. The van der Waals surface area contributed by atoms with Crippen LogP contribution in [0, 0.1) is 0 Å². The van der Waals surface area contributed by atoms with Crippen molar-refractivity contribution in [3.8, 4) is 0 Å². The Morgan fingerprint density at radius 1 is 1.00 bits per heavy atom. The number of rotatable bonds is 1. The van der Waals surface area contributed by atoms with E-state index in [1.807, 2.05) is 61.6 Å². The molecule has 0 aromatic heterocycles. The first-order valence-electron chi connectivity index (χ1n) is 6.16. The number of nitrogens with zero attached hydrogens (tertiary/aromatic N) is 1. The maximum Gasteiger partial charge on any atom is 0.174 e. The summed E-state index contributed by atoms with van der Waals surface area (Å²) in [6.07, 6.45) is 0. The summed E-state index contributed by atoms with van der Waals surface area (Å²) in [4.78, 5) is 14.7. The van der Waals surface area contributed by atoms with Crippen molar-refractivity contribution in [2.75, 3.05) is 18.5 Å². The number of ketones is 1. The Balaban J connectivity index is 2.05. The predicted octanol–water partition coefficient (Wildman–Crippen LogP) is 3.10. The van der Waals surface area contributed by atoms with E-state index in [9.17, 15) is 4.79 Å². The molecule has 0 bridgehead atoms. The normalized spacial score (nSPS) is 18.6. The number of likely N-dealkylation sites (N-methyl/N-ethyl adjacent to an activating group) is 1. The molecule has 1 aliphatic heterocycles. The zero-order valence-electron chi connectivity index (χ0n) is 10.3. The van der Waals surface area contributed by atoms with E-state index in [1.165, 1.54) is 0 Å². The molecule has 2 nitrogen and oxygen atoms in total. The third kappa shape index (κ3) is 1.70. The van der Waals surface area contributed by atoms with Gasteiger partial charge in [-0.05, 0) is 17.7 Å². The monoisotopic (exact) mass is 237 g/mol. The van der Waals surface area contributed by atoms with Gasteiger partial charge in [-0.15, -0.1) is 0 Å². The van der Waals surface area contributed by atoms with Crippen LogP contribution in [-0.4, -0.2) is 19.4 Å². The van der Waals surface area contributed by atoms with Crippen molar-refractivity contribution in [3.05, 3.63) is 65.7 Å². The molecule has 1 aliphatic rings. The number of hydrogen-bond donors (Lipinski definition) is 0. The number of fused-ring (bicyclic) bond motifs is 1. The minimum atomic E-state index is -0.0499. The largest absolute Gasteiger partial charge is 0.373 e. The molecule has 1 heterocycles. The maximum absolute atomic E-state index is 12.5. The first kappa shape index (κ1) is 11.0. The topological polar surface area (TPSA) is 20.3 Å². The van der Waals surface area contributed by atoms with Gasteiger partial charge >= 0.3 is 0 Å². The van der Waals surface area contributed by atoms with Crippen LogP contribution in [0.5, 0.6) is 0 Å². The van der Waals surface area contributed by atoms with Crippen LogP contribution in [0.3, 0.4) is 0 Å². The molecule has 0 saturated heterocycles. The molecule has 1 atom stereocenters. The Morgan fingerprint density at radius 2 is 1.67 bits per heavy atom. The van der Waals surface area contributed by atoms with E-state index in [2.05, 4.69) is 4.90 Å². The second kappa shape index (κ2) is 4.30. The maximum atomic E-state index is 12.5. The molecule has 0 fully saturated rings. The smallest absolute Gasteiger partial charge is 0.174 e. The van der Waals surface area contributed by atoms with Gasteiger partial charge in [-0.1, -0.05) is 42.5 Å². The third-order valence-corrected chi connectivity index (χ3v) is 3.56. The molecule has 0 aliphatic carbocycles. The lowest BCUT2D eigenvalue weighted by Crippen LogP contribution is -2.35. The summed E-state index contributed by atoms with van der Waals surface area (Å²) in [5, 5.41) is 0. The zero-order chi connectivity index (χ0) is 12.5. The van der Waals surface area contributed by atoms with Crippen molar-refractivity contribution in [1.29, 1.82) is 0 Å². The molecular weight excluding hydrogens is 222 g/mol. The van der Waals surface area contributed by atoms with Gasteiger partial charge in [0.05, 0.1) is 5.92 Å². The molecule has 18 heavy (non-hydrogen) atoms. The van der Waals surface area contributed by atoms with Crippen LogP contribution < -0.4 is 4.90 Å². The van der Waals surface area contributed by atoms with E-state index >= 15 is 0 Å². The fourth-order valence-electron chi connectivity index (χ4n) is 2.60. The summed E-state index contributed by atoms with van der Waals surface area (Å²) in [6, 6.07) is 17.9. The Kier molecular flexibility index (Phi) is 2.63. The molecule has 0 amide bonds. The van der Waals surface area contributed by atoms with Gasteiger partial charge in [-0.3, -0.25) is 4.79 Å². The summed E-state index contributed by atoms with van der Waals surface area (Å²) in [5.74, 6) is 0.181. The lowest BCUT2D eigenvalue weighted by atomic mass is 9.86. The second-order valence-electron chi connectivity index (χ2n) is 4.73. The summed E-state index contributed by atoms with van der Waals surface area (Å²) >= 11 is 0. The summed E-state index contributed by atoms with van der Waals surface area (Å²) in [6.45, 7) is 0.750. The fourth-order valence-corrected chi connectivity index (χ4v) is 2.60. The highest BCUT2D eigenvalue weighted by Crippen LogP contribution is 2.33. The van der Waals surface area contributed by atoms with Crippen molar-refractivity contribution >= 4 is 11.5 Å². The van der Waals surface area contributed by atoms with E-state index in [0.717, 1.165) is 23.4 Å². The zero-order valence-corrected chi connectivity index (χ0v) is 10.3. The molecule has 3 rings (SSSR count). The summed E-state index contributed by atoms with van der Waals surface area (Å²) in [5.41, 5.74) is 2.97. The molecule has 0 radical (unpaired) electrons. The van der Waals surface area contributed by atoms with Crippen molar-refractivity contribution in [3.63, 3.8) is 0 Å². The molecule has 90 valence electrons. The van der Waals surface area contributed by atoms with Crippen LogP contribution in [0.25, 0.3) is 0 Å². The van der Waals surface area contributed by atoms with Crippen molar-refractivity contribution in [1.82, 2.24) is 0 Å². The van der Waals surface area contributed by atoms with Crippen LogP contribution in [0.15, 0.2) is 54.6 Å². The van der Waals surface area contributed by atoms with Crippen molar-refractivity contribution < 1.29 is 4.79 Å². The average molecular weight is 237 g/mol. The standard InChI is InChI=1S/C16H15NO/c1-17-11-14(12-7-3-2-4-8-12)16(18)13-9-5-6-10-15(13)17/h2-10,14H,11H2,1H3. The van der Waals surface area contributed by atoms with E-state index in [4.69, 9.17) is 0 Å². The Morgan fingerprint density at radius 3 is 2.44 bits per heavy atom. The number of para-hydroxylation sites is 1. The van der Waals surface area contributed by atoms with E-state index in [1.54, 1.807) is 0 Å². The highest BCUT2D eigenvalue weighted by Gasteiger charge is 2.30. The van der Waals surface area contributed by atoms with E-state index in [-0.39, 0.29) is 11.7 Å². The molecule has 1 unspecified atom stereocenters. The Bertz CT molecular complexity index is 577. The first-order valence-corrected chi connectivity index (χ1v) is 6.16. The average Bonchev–Trinajstić information content (AvgIpc) is 2.44. The molecular formula is C16H15NO. The van der Waals surface area contributed by atoms with Crippen molar-refractivity contribution in [2.24, 2.45) is 0 Å². The van der Waals surface area contributed by atoms with Crippen LogP contribution in [0.1, 0.15) is 21.8 Å². The van der Waals surface area contributed by atoms with Crippen molar-refractivity contribution in [2.45, 2.75) is 5.92 Å². The number of carbonyl (C=O) groups excluding carboxylic acids is 1. The van der Waals surface area contributed by atoms with Crippen LogP contribution >= 0.6 is 0 Å². The molecule has 0 N–H and O–H groups in total. The SMILES string of the molecule is CN1CC(c2ccccc2)C(=O)c2ccccc21. The van der Waals surface area contributed by atoms with Gasteiger partial charge in [0, 0.05) is 24.8 Å². The number of anilines is 1. The summed E-state index contributed by atoms with van der Waals surface area (Å²) in [7, 11) is 2.04. The first-order chi connectivity index (χ1) is 8.77. The summed E-state index contributed by atoms with van der Waals surface area (Å²) < 4.78 is 0. The minimum Gasteiger partial charge on any atom is -0.373 e. The highest BCUT2D eigenvalue weighted by molar-refractivity contribution is 6.07. The molecule has 0 spiro atoms. The third-order valence-electron chi connectivity index (χ3n) is 3.56. The Labute approximate surface area is 107 Å². The number of hydrogen-bond acceptors (Lipinski definition) is 2. The van der Waals surface area contributed by atoms with Gasteiger partial charge in [-0.25, -0.2) is 0 Å². The Hall–Kier alpha value is -2.09. The van der Waals surface area contributed by atoms with Crippen LogP contribution in [0.4, 0.5) is 5.69 Å². The number of Topliss-reactive ketones (excluding diaryl/α,β-unsaturated/α-hetero) is 1. The van der Waals surface area contributed by atoms with Gasteiger partial charge in [-0.2, -0.15) is 0 Å². The van der Waals surface area contributed by atoms with Gasteiger partial charge in [0.2, 0.25) is 0 Å². The van der Waals surface area contributed by atoms with E-state index in [0.29, 0.717) is 0 Å². The molecule has 2 heteroatoms. The molecule has 0 saturated carbocycles. The van der Waals surface area contributed by atoms with Gasteiger partial charge in [0.15, 0.2) is 5.78 Å². The lowest BCUT2D eigenvalue weighted by molar-refractivity contribution is 0.0956. The lowest BCUT2D eigenvalue weighted by Gasteiger charge is -2.32. The molecule has 2 aromatic carbocycles. The quantitative estimate of drug-likeness (QED) is 0.759. The number of benzene rings is 2. The fraction of sp³-hybridized carbons (Fsp3) is 0.188.